The second-order valence-electron chi connectivity index (χ2n) is 16.1. The van der Waals surface area contributed by atoms with Gasteiger partial charge < -0.3 is 45.0 Å². The van der Waals surface area contributed by atoms with Crippen molar-refractivity contribution in [1.29, 1.82) is 0 Å². The van der Waals surface area contributed by atoms with Gasteiger partial charge in [0.15, 0.2) is 6.10 Å². The Balaban J connectivity index is 2.52. The molecule has 0 aromatic carbocycles. The summed E-state index contributed by atoms with van der Waals surface area (Å²) in [5, 5.41) is 59.9. The predicted molar refractivity (Wildman–Crippen MR) is 250 cm³/mol. The summed E-state index contributed by atoms with van der Waals surface area (Å²) in [6.45, 7) is 2.97. The van der Waals surface area contributed by atoms with Crippen molar-refractivity contribution in [3.8, 4) is 0 Å². The molecule has 1 aliphatic carbocycles. The zero-order valence-electron chi connectivity index (χ0n) is 38.4. The van der Waals surface area contributed by atoms with Gasteiger partial charge in [-0.25, -0.2) is 4.57 Å². The highest BCUT2D eigenvalue weighted by Crippen LogP contribution is 2.47. The van der Waals surface area contributed by atoms with Crippen LogP contribution in [-0.4, -0.2) is 110 Å². The minimum absolute atomic E-state index is 0.00570. The number of esters is 2. The molecule has 0 heterocycles. The maximum atomic E-state index is 12.8. The molecule has 0 radical (unpaired) electrons. The lowest BCUT2D eigenvalue weighted by atomic mass is 9.85. The highest BCUT2D eigenvalue weighted by molar-refractivity contribution is 7.47. The smallest absolute Gasteiger partial charge is 0.462 e. The molecule has 0 saturated heterocycles. The normalized spacial score (nSPS) is 22.8. The number of hydrogen-bond acceptors (Lipinski definition) is 13. The summed E-state index contributed by atoms with van der Waals surface area (Å²) in [4.78, 5) is 35.7. The fourth-order valence-electron chi connectivity index (χ4n) is 6.49. The standard InChI is InChI=1S/C49H81O14P/c1-3-5-7-8-9-10-11-12-13-14-15-16-20-23-26-29-32-36-42(51)60-38-41(39-61-64(58,59)63-49-47(56)45(54)44(53)46(55)48(49)57)62-43(52)37-33-30-27-24-21-18-17-19-22-25-28-31-35-40(50)34-6-4-2/h6,9-10,12-13,17-18,22,24-25,27-28,31,34,40-41,44-50,53-57H,3-5,7-8,11,14-16,19-21,23,26,29-30,32-33,35-39H2,1-2H3,(H,58,59)/b10-9-,13-12-,18-17-,25-22-,27-24-,31-28+,34-6-/t40?,41-,44?,45-,46+,47-,48-,49?/m1/s1. The monoisotopic (exact) mass is 925 g/mol. The van der Waals surface area contributed by atoms with Gasteiger partial charge in [-0.2, -0.15) is 0 Å². The van der Waals surface area contributed by atoms with Crippen molar-refractivity contribution >= 4 is 19.8 Å². The number of aliphatic hydroxyl groups excluding tert-OH is 6. The lowest BCUT2D eigenvalue weighted by Crippen LogP contribution is -2.64. The topological polar surface area (TPSA) is 230 Å². The number of hydrogen-bond donors (Lipinski definition) is 7. The van der Waals surface area contributed by atoms with Crippen LogP contribution in [-0.2, 0) is 32.7 Å². The summed E-state index contributed by atoms with van der Waals surface area (Å²) >= 11 is 0. The molecule has 4 unspecified atom stereocenters. The molecule has 0 spiro atoms. The van der Waals surface area contributed by atoms with E-state index >= 15 is 0 Å². The summed E-state index contributed by atoms with van der Waals surface area (Å²) in [7, 11) is -5.15. The number of unbranched alkanes of at least 4 members (excludes halogenated alkanes) is 11. The van der Waals surface area contributed by atoms with Crippen LogP contribution in [0.15, 0.2) is 85.1 Å². The number of carbonyl (C=O) groups is 2. The summed E-state index contributed by atoms with van der Waals surface area (Å²) < 4.78 is 33.4. The second-order valence-corrected chi connectivity index (χ2v) is 17.5. The highest BCUT2D eigenvalue weighted by Gasteiger charge is 2.51. The average Bonchev–Trinajstić information content (AvgIpc) is 3.27. The molecular weight excluding hydrogens is 843 g/mol. The molecule has 366 valence electrons. The molecule has 14 nitrogen and oxygen atoms in total. The molecule has 9 atom stereocenters. The van der Waals surface area contributed by atoms with E-state index in [2.05, 4.69) is 31.2 Å². The predicted octanol–water partition coefficient (Wildman–Crippen LogP) is 8.25. The molecule has 0 aromatic rings. The van der Waals surface area contributed by atoms with Gasteiger partial charge in [0.25, 0.3) is 0 Å². The van der Waals surface area contributed by atoms with E-state index in [1.165, 1.54) is 19.3 Å². The van der Waals surface area contributed by atoms with Crippen molar-refractivity contribution in [2.75, 3.05) is 13.2 Å². The first-order valence-electron chi connectivity index (χ1n) is 23.5. The van der Waals surface area contributed by atoms with Crippen LogP contribution in [0.3, 0.4) is 0 Å². The van der Waals surface area contributed by atoms with Crippen LogP contribution in [0.25, 0.3) is 0 Å². The van der Waals surface area contributed by atoms with Gasteiger partial charge in [-0.05, 0) is 77.0 Å². The van der Waals surface area contributed by atoms with Crippen molar-refractivity contribution in [2.45, 2.75) is 198 Å². The lowest BCUT2D eigenvalue weighted by Gasteiger charge is -2.41. The SMILES string of the molecule is CC/C=C\C(O)C/C=C/C=C\C/C=C\C/C=C\CCCC(=O)O[C@H](COC(=O)CCCCCCCCC/C=C\C/C=C\CCCCC)COP(=O)(O)OC1[C@H](O)[C@H](O)C(O)[C@H](O)[C@H]1O. The van der Waals surface area contributed by atoms with E-state index in [1.807, 2.05) is 61.6 Å². The van der Waals surface area contributed by atoms with Gasteiger partial charge in [0.1, 0.15) is 43.2 Å². The first-order valence-corrected chi connectivity index (χ1v) is 25.0. The number of allylic oxidation sites excluding steroid dienone is 12. The van der Waals surface area contributed by atoms with Crippen molar-refractivity contribution in [3.05, 3.63) is 85.1 Å². The van der Waals surface area contributed by atoms with Gasteiger partial charge in [-0.3, -0.25) is 18.6 Å². The van der Waals surface area contributed by atoms with Crippen molar-refractivity contribution < 1.29 is 68.2 Å². The average molecular weight is 925 g/mol. The molecule has 0 amide bonds. The number of ether oxygens (including phenoxy) is 2. The minimum atomic E-state index is -5.15. The third-order valence-corrected chi connectivity index (χ3v) is 11.3. The summed E-state index contributed by atoms with van der Waals surface area (Å²) in [5.74, 6) is -1.21. The lowest BCUT2D eigenvalue weighted by molar-refractivity contribution is -0.220. The maximum absolute atomic E-state index is 12.8. The van der Waals surface area contributed by atoms with Crippen LogP contribution >= 0.6 is 7.82 Å². The minimum Gasteiger partial charge on any atom is -0.462 e. The molecule has 0 aromatic heterocycles. The van der Waals surface area contributed by atoms with Crippen molar-refractivity contribution in [1.82, 2.24) is 0 Å². The molecule has 0 aliphatic heterocycles. The Bertz CT molecular complexity index is 1460. The third-order valence-electron chi connectivity index (χ3n) is 10.3. The first kappa shape index (κ1) is 59.0. The van der Waals surface area contributed by atoms with E-state index in [0.717, 1.165) is 70.6 Å². The molecule has 1 fully saturated rings. The summed E-state index contributed by atoms with van der Waals surface area (Å²) in [6.07, 6.45) is 32.6. The Hall–Kier alpha value is -3.01. The molecule has 15 heteroatoms. The van der Waals surface area contributed by atoms with Gasteiger partial charge in [0.2, 0.25) is 0 Å². The van der Waals surface area contributed by atoms with Crippen LogP contribution in [0.4, 0.5) is 0 Å². The van der Waals surface area contributed by atoms with Crippen LogP contribution in [0.1, 0.15) is 149 Å². The van der Waals surface area contributed by atoms with E-state index in [1.54, 1.807) is 6.08 Å². The Morgan fingerprint density at radius 1 is 0.578 bits per heavy atom. The zero-order valence-corrected chi connectivity index (χ0v) is 39.3. The van der Waals surface area contributed by atoms with Gasteiger partial charge in [0, 0.05) is 12.8 Å². The van der Waals surface area contributed by atoms with Crippen molar-refractivity contribution in [2.24, 2.45) is 0 Å². The van der Waals surface area contributed by atoms with E-state index < -0.39 is 81.8 Å². The fourth-order valence-corrected chi connectivity index (χ4v) is 7.46. The Labute approximate surface area is 382 Å². The number of carbonyl (C=O) groups excluding carboxylic acids is 2. The van der Waals surface area contributed by atoms with Gasteiger partial charge in [-0.15, -0.1) is 0 Å². The molecule has 64 heavy (non-hydrogen) atoms. The van der Waals surface area contributed by atoms with Gasteiger partial charge in [0.05, 0.1) is 12.7 Å². The largest absolute Gasteiger partial charge is 0.472 e. The summed E-state index contributed by atoms with van der Waals surface area (Å²) in [5.41, 5.74) is 0. The van der Waals surface area contributed by atoms with Gasteiger partial charge >= 0.3 is 19.8 Å². The quantitative estimate of drug-likeness (QED) is 0.0102. The number of aliphatic hydroxyl groups is 6. The molecular formula is C49H81O14P. The van der Waals surface area contributed by atoms with E-state index in [4.69, 9.17) is 18.5 Å². The first-order chi connectivity index (χ1) is 30.8. The Morgan fingerprint density at radius 2 is 1.08 bits per heavy atom. The van der Waals surface area contributed by atoms with Crippen LogP contribution in [0.5, 0.6) is 0 Å². The molecule has 0 bridgehead atoms. The number of rotatable bonds is 37. The molecule has 1 aliphatic rings. The molecule has 1 rings (SSSR count). The molecule has 7 N–H and O–H groups in total. The highest BCUT2D eigenvalue weighted by atomic mass is 31.2. The summed E-state index contributed by atoms with van der Waals surface area (Å²) in [6, 6.07) is 0. The van der Waals surface area contributed by atoms with Gasteiger partial charge in [-0.1, -0.05) is 144 Å². The van der Waals surface area contributed by atoms with Crippen LogP contribution in [0, 0.1) is 0 Å². The zero-order chi connectivity index (χ0) is 47.3. The van der Waals surface area contributed by atoms with E-state index in [9.17, 15) is 49.7 Å². The Kier molecular flexibility index (Phi) is 35.2. The van der Waals surface area contributed by atoms with Crippen molar-refractivity contribution in [3.63, 3.8) is 0 Å². The number of phosphoric acid groups is 1. The second kappa shape index (κ2) is 38.1. The third kappa shape index (κ3) is 30.2. The Morgan fingerprint density at radius 3 is 1.69 bits per heavy atom. The van der Waals surface area contributed by atoms with E-state index in [-0.39, 0.29) is 12.8 Å². The maximum Gasteiger partial charge on any atom is 0.472 e. The molecule has 1 saturated carbocycles. The fraction of sp³-hybridized carbons (Fsp3) is 0.673. The van der Waals surface area contributed by atoms with Crippen LogP contribution < -0.4 is 0 Å². The number of phosphoric ester groups is 1. The van der Waals surface area contributed by atoms with E-state index in [0.29, 0.717) is 32.1 Å². The van der Waals surface area contributed by atoms with Crippen LogP contribution in [0.2, 0.25) is 0 Å².